The molecule has 1 aromatic rings. The van der Waals surface area contributed by atoms with Crippen LogP contribution in [0.4, 0.5) is 8.78 Å². The van der Waals surface area contributed by atoms with Gasteiger partial charge in [0.15, 0.2) is 0 Å². The number of methoxy groups -OCH3 is 1. The molecule has 0 spiro atoms. The number of carbonyl (C=O) groups excluding carboxylic acids is 1. The number of alkyl halides is 2. The zero-order valence-electron chi connectivity index (χ0n) is 13.1. The van der Waals surface area contributed by atoms with Gasteiger partial charge in [-0.15, -0.1) is 0 Å². The van der Waals surface area contributed by atoms with E-state index in [1.54, 1.807) is 31.4 Å². The van der Waals surface area contributed by atoms with E-state index in [-0.39, 0.29) is 5.91 Å². The Bertz CT molecular complexity index is 499. The number of rotatable bonds is 8. The van der Waals surface area contributed by atoms with Crippen LogP contribution in [0.25, 0.3) is 0 Å². The van der Waals surface area contributed by atoms with Crippen LogP contribution in [-0.4, -0.2) is 56.5 Å². The summed E-state index contributed by atoms with van der Waals surface area (Å²) in [5.74, 6) is -2.16. The molecule has 1 heterocycles. The predicted molar refractivity (Wildman–Crippen MR) is 87.1 cm³/mol. The number of likely N-dealkylation sites (tertiary alicyclic amines) is 1. The van der Waals surface area contributed by atoms with Crippen LogP contribution in [0.15, 0.2) is 29.2 Å². The van der Waals surface area contributed by atoms with Crippen molar-refractivity contribution in [3.05, 3.63) is 29.8 Å². The minimum atomic E-state index is -2.45. The maximum absolute atomic E-state index is 12.3. The molecule has 1 amide bonds. The van der Waals surface area contributed by atoms with Gasteiger partial charge in [-0.25, -0.2) is 0 Å². The molecule has 23 heavy (non-hydrogen) atoms. The number of ether oxygens (including phenoxy) is 1. The Balaban J connectivity index is 1.74. The van der Waals surface area contributed by atoms with Crippen molar-refractivity contribution >= 4 is 17.7 Å². The Morgan fingerprint density at radius 1 is 1.43 bits per heavy atom. The quantitative estimate of drug-likeness (QED) is 0.736. The van der Waals surface area contributed by atoms with Crippen LogP contribution in [0.2, 0.25) is 0 Å². The molecule has 128 valence electrons. The number of thioether (sulfide) groups is 1. The van der Waals surface area contributed by atoms with E-state index in [1.807, 2.05) is 0 Å². The Labute approximate surface area is 139 Å². The van der Waals surface area contributed by atoms with E-state index in [2.05, 4.69) is 10.2 Å². The minimum Gasteiger partial charge on any atom is -0.383 e. The lowest BCUT2D eigenvalue weighted by atomic mass is 10.1. The normalized spacial score (nSPS) is 18.5. The third-order valence-electron chi connectivity index (χ3n) is 3.87. The third-order valence-corrected chi connectivity index (χ3v) is 4.60. The first-order chi connectivity index (χ1) is 11.1. The summed E-state index contributed by atoms with van der Waals surface area (Å²) in [6.45, 7) is 4.28. The number of halogens is 2. The van der Waals surface area contributed by atoms with Gasteiger partial charge in [0.25, 0.3) is 11.7 Å². The Morgan fingerprint density at radius 2 is 2.17 bits per heavy atom. The predicted octanol–water partition coefficient (Wildman–Crippen LogP) is 2.70. The number of nitrogens with one attached hydrogen (secondary N) is 1. The summed E-state index contributed by atoms with van der Waals surface area (Å²) < 4.78 is 29.6. The zero-order valence-corrected chi connectivity index (χ0v) is 14.0. The highest BCUT2D eigenvalue weighted by Crippen LogP contribution is 2.25. The Kier molecular flexibility index (Phi) is 7.26. The summed E-state index contributed by atoms with van der Waals surface area (Å²) in [6.07, 6.45) is 1.06. The van der Waals surface area contributed by atoms with Crippen molar-refractivity contribution in [1.82, 2.24) is 10.2 Å². The molecule has 1 saturated heterocycles. The molecule has 1 fully saturated rings. The van der Waals surface area contributed by atoms with Crippen LogP contribution < -0.4 is 5.32 Å². The van der Waals surface area contributed by atoms with Crippen LogP contribution >= 0.6 is 11.8 Å². The van der Waals surface area contributed by atoms with E-state index in [0.717, 1.165) is 32.7 Å². The molecule has 1 N–H and O–H groups in total. The van der Waals surface area contributed by atoms with Crippen molar-refractivity contribution in [2.45, 2.75) is 17.1 Å². The lowest BCUT2D eigenvalue weighted by Gasteiger charge is -2.15. The highest BCUT2D eigenvalue weighted by Gasteiger charge is 2.22. The lowest BCUT2D eigenvalue weighted by Crippen LogP contribution is -2.31. The topological polar surface area (TPSA) is 41.6 Å². The van der Waals surface area contributed by atoms with Gasteiger partial charge in [-0.2, -0.15) is 8.78 Å². The molecule has 0 radical (unpaired) electrons. The molecular formula is C16H22F2N2O2S. The number of hydrogen-bond donors (Lipinski definition) is 1. The molecule has 0 saturated carbocycles. The average molecular weight is 344 g/mol. The summed E-state index contributed by atoms with van der Waals surface area (Å²) in [7, 11) is 1.69. The SMILES string of the molecule is COCCN1CC[C@H](CNC(=O)c2ccc(SC(F)F)cc2)C1. The van der Waals surface area contributed by atoms with Crippen LogP contribution in [0.3, 0.4) is 0 Å². The van der Waals surface area contributed by atoms with Gasteiger partial charge in [0, 0.05) is 37.2 Å². The Morgan fingerprint density at radius 3 is 2.83 bits per heavy atom. The second-order valence-corrected chi connectivity index (χ2v) is 6.62. The number of nitrogens with zero attached hydrogens (tertiary/aromatic N) is 1. The maximum atomic E-state index is 12.3. The zero-order chi connectivity index (χ0) is 16.7. The molecule has 0 aromatic heterocycles. The Hall–Kier alpha value is -1.18. The van der Waals surface area contributed by atoms with E-state index in [4.69, 9.17) is 4.74 Å². The number of carbonyl (C=O) groups is 1. The van der Waals surface area contributed by atoms with Gasteiger partial charge >= 0.3 is 0 Å². The van der Waals surface area contributed by atoms with Crippen molar-refractivity contribution in [2.24, 2.45) is 5.92 Å². The van der Waals surface area contributed by atoms with Gasteiger partial charge in [0.1, 0.15) is 0 Å². The highest BCUT2D eigenvalue weighted by atomic mass is 32.2. The van der Waals surface area contributed by atoms with Crippen LogP contribution in [0, 0.1) is 5.92 Å². The van der Waals surface area contributed by atoms with Gasteiger partial charge < -0.3 is 15.0 Å². The second kappa shape index (κ2) is 9.20. The molecule has 1 aliphatic rings. The maximum Gasteiger partial charge on any atom is 0.288 e. The van der Waals surface area contributed by atoms with Crippen molar-refractivity contribution in [3.63, 3.8) is 0 Å². The monoisotopic (exact) mass is 344 g/mol. The third kappa shape index (κ3) is 6.08. The van der Waals surface area contributed by atoms with E-state index in [1.165, 1.54) is 0 Å². The summed E-state index contributed by atoms with van der Waals surface area (Å²) >= 11 is 0.478. The van der Waals surface area contributed by atoms with Crippen molar-refractivity contribution in [3.8, 4) is 0 Å². The van der Waals surface area contributed by atoms with E-state index >= 15 is 0 Å². The van der Waals surface area contributed by atoms with Gasteiger partial charge in [0.05, 0.1) is 6.61 Å². The molecule has 4 nitrogen and oxygen atoms in total. The summed E-state index contributed by atoms with van der Waals surface area (Å²) in [5.41, 5.74) is 0.498. The van der Waals surface area contributed by atoms with Crippen molar-refractivity contribution < 1.29 is 18.3 Å². The summed E-state index contributed by atoms with van der Waals surface area (Å²) in [5, 5.41) is 2.93. The molecule has 0 aliphatic carbocycles. The van der Waals surface area contributed by atoms with Gasteiger partial charge in [-0.05, 0) is 43.1 Å². The number of amides is 1. The molecule has 7 heteroatoms. The fraction of sp³-hybridized carbons (Fsp3) is 0.562. The van der Waals surface area contributed by atoms with Gasteiger partial charge in [0.2, 0.25) is 0 Å². The van der Waals surface area contributed by atoms with Crippen molar-refractivity contribution in [2.75, 3.05) is 39.9 Å². The van der Waals surface area contributed by atoms with E-state index in [9.17, 15) is 13.6 Å². The first-order valence-corrected chi connectivity index (χ1v) is 8.51. The molecule has 1 aromatic carbocycles. The first-order valence-electron chi connectivity index (χ1n) is 7.63. The standard InChI is InChI=1S/C16H22F2N2O2S/c1-22-9-8-20-7-6-12(11-20)10-19-15(21)13-2-4-14(5-3-13)23-16(17)18/h2-5,12,16H,6-11H2,1H3,(H,19,21)/t12-/m1/s1. The summed E-state index contributed by atoms with van der Waals surface area (Å²) in [4.78, 5) is 14.9. The van der Waals surface area contributed by atoms with E-state index in [0.29, 0.717) is 34.7 Å². The van der Waals surface area contributed by atoms with Gasteiger partial charge in [-0.1, -0.05) is 11.8 Å². The van der Waals surface area contributed by atoms with Crippen LogP contribution in [-0.2, 0) is 4.74 Å². The first kappa shape index (κ1) is 18.2. The minimum absolute atomic E-state index is 0.158. The smallest absolute Gasteiger partial charge is 0.288 e. The second-order valence-electron chi connectivity index (χ2n) is 5.56. The van der Waals surface area contributed by atoms with Crippen LogP contribution in [0.5, 0.6) is 0 Å². The largest absolute Gasteiger partial charge is 0.383 e. The summed E-state index contributed by atoms with van der Waals surface area (Å²) in [6, 6.07) is 6.26. The molecule has 2 rings (SSSR count). The molecule has 0 bridgehead atoms. The fourth-order valence-electron chi connectivity index (χ4n) is 2.63. The van der Waals surface area contributed by atoms with Crippen LogP contribution in [0.1, 0.15) is 16.8 Å². The fourth-order valence-corrected chi connectivity index (χ4v) is 3.13. The molecular weight excluding hydrogens is 322 g/mol. The van der Waals surface area contributed by atoms with E-state index < -0.39 is 5.76 Å². The van der Waals surface area contributed by atoms with Gasteiger partial charge in [-0.3, -0.25) is 4.79 Å². The number of hydrogen-bond acceptors (Lipinski definition) is 4. The average Bonchev–Trinajstić information content (AvgIpc) is 2.98. The molecule has 0 unspecified atom stereocenters. The molecule has 1 aliphatic heterocycles. The van der Waals surface area contributed by atoms with Crippen molar-refractivity contribution in [1.29, 1.82) is 0 Å². The highest BCUT2D eigenvalue weighted by molar-refractivity contribution is 7.99. The number of benzene rings is 1. The lowest BCUT2D eigenvalue weighted by molar-refractivity contribution is 0.0946. The molecule has 1 atom stereocenters.